The summed E-state index contributed by atoms with van der Waals surface area (Å²) < 4.78 is 11.9. The Hall–Kier alpha value is -3.91. The fourth-order valence-corrected chi connectivity index (χ4v) is 3.24. The second kappa shape index (κ2) is 9.93. The van der Waals surface area contributed by atoms with E-state index in [9.17, 15) is 9.59 Å². The summed E-state index contributed by atoms with van der Waals surface area (Å²) in [7, 11) is 0. The molecule has 2 N–H and O–H groups in total. The Bertz CT molecular complexity index is 1270. The number of hydrogen-bond acceptors (Lipinski definition) is 5. The average molecular weight is 492 g/mol. The van der Waals surface area contributed by atoms with Gasteiger partial charge in [0.05, 0.1) is 6.21 Å². The van der Waals surface area contributed by atoms with E-state index in [1.807, 2.05) is 30.3 Å². The summed E-state index contributed by atoms with van der Waals surface area (Å²) in [5.74, 6) is 0.0241. The molecule has 32 heavy (non-hydrogen) atoms. The number of amides is 2. The van der Waals surface area contributed by atoms with Gasteiger partial charge in [-0.05, 0) is 66.2 Å². The van der Waals surface area contributed by atoms with Crippen LogP contribution in [-0.4, -0.2) is 24.6 Å². The molecule has 3 aromatic carbocycles. The third-order valence-corrected chi connectivity index (χ3v) is 4.88. The molecule has 0 aliphatic carbocycles. The van der Waals surface area contributed by atoms with Crippen LogP contribution in [0, 0.1) is 0 Å². The molecule has 2 amide bonds. The predicted molar refractivity (Wildman–Crippen MR) is 126 cm³/mol. The van der Waals surface area contributed by atoms with Crippen LogP contribution >= 0.6 is 15.9 Å². The fraction of sp³-hybridized carbons (Fsp3) is 0.0417. The number of rotatable bonds is 7. The van der Waals surface area contributed by atoms with Crippen molar-refractivity contribution in [3.8, 4) is 5.75 Å². The molecule has 1 heterocycles. The van der Waals surface area contributed by atoms with Gasteiger partial charge in [-0.2, -0.15) is 5.10 Å². The van der Waals surface area contributed by atoms with Crippen LogP contribution in [0.3, 0.4) is 0 Å². The highest BCUT2D eigenvalue weighted by Gasteiger charge is 2.11. The van der Waals surface area contributed by atoms with Crippen molar-refractivity contribution in [1.29, 1.82) is 0 Å². The number of furan rings is 1. The fourth-order valence-electron chi connectivity index (χ4n) is 2.86. The van der Waals surface area contributed by atoms with E-state index < -0.39 is 5.91 Å². The molecule has 0 unspecified atom stereocenters. The quantitative estimate of drug-likeness (QED) is 0.281. The molecular formula is C24H18BrN3O4. The zero-order valence-corrected chi connectivity index (χ0v) is 18.3. The smallest absolute Gasteiger partial charge is 0.307 e. The number of carbonyl (C=O) groups excluding carboxylic acids is 2. The molecule has 0 radical (unpaired) electrons. The normalized spacial score (nSPS) is 10.9. The van der Waals surface area contributed by atoms with Crippen LogP contribution in [0.2, 0.25) is 0 Å². The first-order valence-electron chi connectivity index (χ1n) is 9.67. The lowest BCUT2D eigenvalue weighted by atomic mass is 10.2. The average Bonchev–Trinajstić information content (AvgIpc) is 3.22. The number of anilines is 1. The molecule has 0 spiro atoms. The van der Waals surface area contributed by atoms with E-state index in [1.165, 1.54) is 6.21 Å². The number of fused-ring (bicyclic) bond motifs is 1. The summed E-state index contributed by atoms with van der Waals surface area (Å²) in [6.07, 6.45) is 1.50. The van der Waals surface area contributed by atoms with Gasteiger partial charge in [-0.15, -0.1) is 0 Å². The zero-order valence-electron chi connectivity index (χ0n) is 16.7. The van der Waals surface area contributed by atoms with Crippen LogP contribution in [0.5, 0.6) is 5.75 Å². The summed E-state index contributed by atoms with van der Waals surface area (Å²) in [6.45, 7) is -0.105. The van der Waals surface area contributed by atoms with Crippen LogP contribution in [-0.2, 0) is 4.79 Å². The van der Waals surface area contributed by atoms with Gasteiger partial charge in [-0.1, -0.05) is 34.1 Å². The third-order valence-electron chi connectivity index (χ3n) is 4.39. The number of hydrogen-bond donors (Lipinski definition) is 2. The van der Waals surface area contributed by atoms with Crippen molar-refractivity contribution >= 4 is 50.6 Å². The minimum Gasteiger partial charge on any atom is -0.484 e. The second-order valence-corrected chi connectivity index (χ2v) is 7.68. The number of halogens is 1. The third kappa shape index (κ3) is 5.61. The number of ether oxygens (including phenoxy) is 1. The van der Waals surface area contributed by atoms with Crippen molar-refractivity contribution < 1.29 is 18.7 Å². The van der Waals surface area contributed by atoms with Crippen LogP contribution in [0.4, 0.5) is 5.69 Å². The van der Waals surface area contributed by atoms with Crippen molar-refractivity contribution in [2.45, 2.75) is 0 Å². The summed E-state index contributed by atoms with van der Waals surface area (Å²) in [4.78, 5) is 24.2. The second-order valence-electron chi connectivity index (χ2n) is 6.76. The molecule has 0 saturated carbocycles. The molecule has 1 aromatic heterocycles. The Kier molecular flexibility index (Phi) is 6.62. The van der Waals surface area contributed by atoms with E-state index in [0.29, 0.717) is 17.0 Å². The van der Waals surface area contributed by atoms with E-state index in [-0.39, 0.29) is 18.3 Å². The molecule has 0 bridgehead atoms. The molecule has 160 valence electrons. The Morgan fingerprint density at radius 2 is 1.78 bits per heavy atom. The first-order chi connectivity index (χ1) is 15.6. The van der Waals surface area contributed by atoms with Gasteiger partial charge >= 0.3 is 5.91 Å². The van der Waals surface area contributed by atoms with Gasteiger partial charge in [0.15, 0.2) is 12.4 Å². The van der Waals surface area contributed by atoms with E-state index in [2.05, 4.69) is 31.8 Å². The van der Waals surface area contributed by atoms with Crippen LogP contribution < -0.4 is 15.5 Å². The van der Waals surface area contributed by atoms with Crippen molar-refractivity contribution in [3.05, 3.63) is 94.7 Å². The number of para-hydroxylation sites is 1. The van der Waals surface area contributed by atoms with Crippen LogP contribution in [0.15, 0.2) is 92.9 Å². The SMILES string of the molecule is O=C(COc1ccc(/C=N/NC(=O)c2cc3cc(Br)ccc3o2)cc1)Nc1ccccc1. The van der Waals surface area contributed by atoms with Crippen LogP contribution in [0.25, 0.3) is 11.0 Å². The topological polar surface area (TPSA) is 92.9 Å². The predicted octanol–water partition coefficient (Wildman–Crippen LogP) is 4.98. The van der Waals surface area contributed by atoms with Gasteiger partial charge in [0.1, 0.15) is 11.3 Å². The lowest BCUT2D eigenvalue weighted by molar-refractivity contribution is -0.118. The number of hydrazone groups is 1. The highest BCUT2D eigenvalue weighted by atomic mass is 79.9. The van der Waals surface area contributed by atoms with E-state index in [1.54, 1.807) is 48.5 Å². The molecule has 0 fully saturated rings. The van der Waals surface area contributed by atoms with Crippen molar-refractivity contribution in [2.24, 2.45) is 5.10 Å². The number of benzene rings is 3. The van der Waals surface area contributed by atoms with E-state index in [0.717, 1.165) is 15.4 Å². The summed E-state index contributed by atoms with van der Waals surface area (Å²) in [5, 5.41) is 7.53. The molecule has 4 aromatic rings. The molecule has 0 aliphatic heterocycles. The number of nitrogens with one attached hydrogen (secondary N) is 2. The lowest BCUT2D eigenvalue weighted by Crippen LogP contribution is -2.20. The minimum absolute atomic E-state index is 0.105. The van der Waals surface area contributed by atoms with E-state index >= 15 is 0 Å². The minimum atomic E-state index is -0.446. The van der Waals surface area contributed by atoms with Gasteiger partial charge in [-0.3, -0.25) is 9.59 Å². The maximum Gasteiger partial charge on any atom is 0.307 e. The van der Waals surface area contributed by atoms with E-state index in [4.69, 9.17) is 9.15 Å². The maximum atomic E-state index is 12.2. The van der Waals surface area contributed by atoms with Gasteiger partial charge in [-0.25, -0.2) is 5.43 Å². The number of nitrogens with zero attached hydrogens (tertiary/aromatic N) is 1. The molecule has 0 aliphatic rings. The molecule has 4 rings (SSSR count). The van der Waals surface area contributed by atoms with Crippen LogP contribution in [0.1, 0.15) is 16.1 Å². The summed E-state index contributed by atoms with van der Waals surface area (Å²) >= 11 is 3.39. The van der Waals surface area contributed by atoms with Gasteiger partial charge < -0.3 is 14.5 Å². The van der Waals surface area contributed by atoms with Gasteiger partial charge in [0.25, 0.3) is 5.91 Å². The molecule has 0 atom stereocenters. The standard InChI is InChI=1S/C24H18BrN3O4/c25-18-8-11-21-17(12-18)13-22(32-21)24(30)28-26-14-16-6-9-20(10-7-16)31-15-23(29)27-19-4-2-1-3-5-19/h1-14H,15H2,(H,27,29)(H,28,30)/b26-14+. The lowest BCUT2D eigenvalue weighted by Gasteiger charge is -2.07. The Balaban J connectivity index is 1.27. The Morgan fingerprint density at radius 1 is 1.00 bits per heavy atom. The van der Waals surface area contributed by atoms with Crippen molar-refractivity contribution in [1.82, 2.24) is 5.43 Å². The monoisotopic (exact) mass is 491 g/mol. The molecular weight excluding hydrogens is 474 g/mol. The summed E-state index contributed by atoms with van der Waals surface area (Å²) in [5.41, 5.74) is 4.53. The van der Waals surface area contributed by atoms with Crippen molar-refractivity contribution in [2.75, 3.05) is 11.9 Å². The first-order valence-corrected chi connectivity index (χ1v) is 10.5. The summed E-state index contributed by atoms with van der Waals surface area (Å²) in [6, 6.07) is 23.3. The Labute approximate surface area is 192 Å². The Morgan fingerprint density at radius 3 is 2.56 bits per heavy atom. The zero-order chi connectivity index (χ0) is 22.3. The molecule has 0 saturated heterocycles. The van der Waals surface area contributed by atoms with Crippen molar-refractivity contribution in [3.63, 3.8) is 0 Å². The highest BCUT2D eigenvalue weighted by Crippen LogP contribution is 2.23. The maximum absolute atomic E-state index is 12.2. The number of carbonyl (C=O) groups is 2. The first kappa shape index (κ1) is 21.3. The largest absolute Gasteiger partial charge is 0.484 e. The molecule has 7 nitrogen and oxygen atoms in total. The van der Waals surface area contributed by atoms with Gasteiger partial charge in [0, 0.05) is 15.5 Å². The van der Waals surface area contributed by atoms with Gasteiger partial charge in [0.2, 0.25) is 0 Å². The molecule has 8 heteroatoms. The highest BCUT2D eigenvalue weighted by molar-refractivity contribution is 9.10.